The van der Waals surface area contributed by atoms with Crippen molar-refractivity contribution in [1.29, 1.82) is 5.26 Å². The Balaban J connectivity index is 2.16. The summed E-state index contributed by atoms with van der Waals surface area (Å²) in [6.45, 7) is 0. The summed E-state index contributed by atoms with van der Waals surface area (Å²) < 4.78 is 13.0. The van der Waals surface area contributed by atoms with Gasteiger partial charge in [0.15, 0.2) is 0 Å². The fourth-order valence-corrected chi connectivity index (χ4v) is 4.61. The van der Waals surface area contributed by atoms with Crippen molar-refractivity contribution in [3.8, 4) is 6.07 Å². The number of hydrogen-bond acceptors (Lipinski definition) is 3. The van der Waals surface area contributed by atoms with Crippen LogP contribution in [0.25, 0.3) is 0 Å². The summed E-state index contributed by atoms with van der Waals surface area (Å²) in [4.78, 5) is 0. The molecule has 0 saturated heterocycles. The summed E-state index contributed by atoms with van der Waals surface area (Å²) in [6, 6.07) is 6.08. The molecule has 2 rings (SSSR count). The Morgan fingerprint density at radius 2 is 2.43 bits per heavy atom. The molecule has 74 valence electrons. The molecule has 3 unspecified atom stereocenters. The van der Waals surface area contributed by atoms with Crippen LogP contribution >= 0.6 is 11.3 Å². The van der Waals surface area contributed by atoms with E-state index in [0.29, 0.717) is 0 Å². The molecule has 1 aromatic rings. The van der Waals surface area contributed by atoms with Gasteiger partial charge in [-0.05, 0) is 24.3 Å². The number of rotatable bonds is 2. The van der Waals surface area contributed by atoms with E-state index in [2.05, 4.69) is 6.07 Å². The first-order valence-corrected chi connectivity index (χ1v) is 6.76. The average molecular weight is 225 g/mol. The van der Waals surface area contributed by atoms with Gasteiger partial charge in [-0.15, -0.1) is 11.3 Å². The van der Waals surface area contributed by atoms with Crippen LogP contribution in [-0.4, -0.2) is 9.46 Å². The van der Waals surface area contributed by atoms with Gasteiger partial charge in [-0.2, -0.15) is 5.26 Å². The van der Waals surface area contributed by atoms with Crippen LogP contribution in [0.3, 0.4) is 0 Å². The molecule has 0 radical (unpaired) electrons. The van der Waals surface area contributed by atoms with Gasteiger partial charge in [-0.3, -0.25) is 4.21 Å². The minimum atomic E-state index is -0.962. The summed E-state index contributed by atoms with van der Waals surface area (Å²) in [5.41, 5.74) is 0. The molecule has 14 heavy (non-hydrogen) atoms. The third-order valence-electron chi connectivity index (χ3n) is 2.59. The monoisotopic (exact) mass is 225 g/mol. The van der Waals surface area contributed by atoms with Crippen LogP contribution in [0, 0.1) is 17.2 Å². The molecule has 0 aromatic carbocycles. The van der Waals surface area contributed by atoms with E-state index < -0.39 is 10.8 Å². The fourth-order valence-electron chi connectivity index (χ4n) is 1.86. The Kier molecular flexibility index (Phi) is 2.99. The molecule has 3 atom stereocenters. The quantitative estimate of drug-likeness (QED) is 0.776. The second-order valence-electron chi connectivity index (χ2n) is 3.43. The van der Waals surface area contributed by atoms with Crippen LogP contribution in [-0.2, 0) is 10.8 Å². The maximum atomic E-state index is 12.0. The van der Waals surface area contributed by atoms with Crippen LogP contribution in [0.4, 0.5) is 0 Å². The van der Waals surface area contributed by atoms with Gasteiger partial charge in [0, 0.05) is 0 Å². The third kappa shape index (κ3) is 1.75. The lowest BCUT2D eigenvalue weighted by atomic mass is 10.1. The maximum Gasteiger partial charge on any atom is 0.0913 e. The SMILES string of the molecule is N#CC1CCCC1S(=O)c1cccs1. The highest BCUT2D eigenvalue weighted by Crippen LogP contribution is 2.33. The molecule has 1 heterocycles. The minimum absolute atomic E-state index is 0.00191. The second kappa shape index (κ2) is 4.24. The molecule has 1 fully saturated rings. The number of nitrogens with zero attached hydrogens (tertiary/aromatic N) is 1. The maximum absolute atomic E-state index is 12.0. The first-order valence-electron chi connectivity index (χ1n) is 4.66. The molecular formula is C10H11NOS2. The molecule has 1 aromatic heterocycles. The lowest BCUT2D eigenvalue weighted by Gasteiger charge is -2.10. The van der Waals surface area contributed by atoms with E-state index in [1.165, 1.54) is 11.3 Å². The van der Waals surface area contributed by atoms with Gasteiger partial charge in [-0.25, -0.2) is 0 Å². The summed E-state index contributed by atoms with van der Waals surface area (Å²) >= 11 is 1.52. The Morgan fingerprint density at radius 3 is 3.07 bits per heavy atom. The standard InChI is InChI=1S/C10H11NOS2/c11-7-8-3-1-4-9(8)14(12)10-5-2-6-13-10/h2,5-6,8-9H,1,3-4H2. The highest BCUT2D eigenvalue weighted by Gasteiger charge is 2.32. The zero-order chi connectivity index (χ0) is 9.97. The van der Waals surface area contributed by atoms with Crippen molar-refractivity contribution in [3.63, 3.8) is 0 Å². The summed E-state index contributed by atoms with van der Waals surface area (Å²) in [5, 5.41) is 10.9. The van der Waals surface area contributed by atoms with E-state index in [0.717, 1.165) is 23.5 Å². The molecule has 2 nitrogen and oxygen atoms in total. The van der Waals surface area contributed by atoms with Gasteiger partial charge in [0.1, 0.15) is 0 Å². The summed E-state index contributed by atoms with van der Waals surface area (Å²) in [5.74, 6) is -0.00191. The van der Waals surface area contributed by atoms with Crippen LogP contribution in [0.1, 0.15) is 19.3 Å². The molecule has 1 aliphatic carbocycles. The zero-order valence-electron chi connectivity index (χ0n) is 7.68. The van der Waals surface area contributed by atoms with Crippen LogP contribution in [0.2, 0.25) is 0 Å². The van der Waals surface area contributed by atoms with E-state index in [1.807, 2.05) is 17.5 Å². The van der Waals surface area contributed by atoms with E-state index in [9.17, 15) is 4.21 Å². The van der Waals surface area contributed by atoms with Gasteiger partial charge in [0.05, 0.1) is 32.2 Å². The number of hydrogen-bond donors (Lipinski definition) is 0. The van der Waals surface area contributed by atoms with Crippen molar-refractivity contribution in [2.24, 2.45) is 5.92 Å². The summed E-state index contributed by atoms with van der Waals surface area (Å²) in [7, 11) is -0.962. The third-order valence-corrected chi connectivity index (χ3v) is 5.68. The number of thiophene rings is 1. The largest absolute Gasteiger partial charge is 0.253 e. The second-order valence-corrected chi connectivity index (χ2v) is 6.28. The Bertz CT molecular complexity index is 366. The van der Waals surface area contributed by atoms with Gasteiger partial charge in [0.2, 0.25) is 0 Å². The minimum Gasteiger partial charge on any atom is -0.253 e. The smallest absolute Gasteiger partial charge is 0.0913 e. The lowest BCUT2D eigenvalue weighted by molar-refractivity contribution is 0.647. The van der Waals surface area contributed by atoms with Gasteiger partial charge < -0.3 is 0 Å². The molecule has 0 N–H and O–H groups in total. The zero-order valence-corrected chi connectivity index (χ0v) is 9.31. The molecule has 1 aliphatic rings. The molecule has 0 spiro atoms. The first-order chi connectivity index (χ1) is 6.83. The van der Waals surface area contributed by atoms with Crippen molar-refractivity contribution in [1.82, 2.24) is 0 Å². The molecule has 0 aliphatic heterocycles. The van der Waals surface area contributed by atoms with Crippen molar-refractivity contribution in [2.75, 3.05) is 0 Å². The fraction of sp³-hybridized carbons (Fsp3) is 0.500. The predicted octanol–water partition coefficient (Wildman–Crippen LogP) is 2.55. The predicted molar refractivity (Wildman–Crippen MR) is 57.5 cm³/mol. The molecule has 4 heteroatoms. The van der Waals surface area contributed by atoms with Crippen molar-refractivity contribution < 1.29 is 4.21 Å². The lowest BCUT2D eigenvalue weighted by Crippen LogP contribution is -2.18. The van der Waals surface area contributed by atoms with E-state index in [-0.39, 0.29) is 11.2 Å². The van der Waals surface area contributed by atoms with Crippen molar-refractivity contribution in [3.05, 3.63) is 17.5 Å². The highest BCUT2D eigenvalue weighted by molar-refractivity contribution is 7.87. The number of nitriles is 1. The van der Waals surface area contributed by atoms with E-state index >= 15 is 0 Å². The van der Waals surface area contributed by atoms with E-state index in [1.54, 1.807) is 0 Å². The van der Waals surface area contributed by atoms with Crippen LogP contribution in [0.5, 0.6) is 0 Å². The van der Waals surface area contributed by atoms with Gasteiger partial charge in [-0.1, -0.05) is 12.5 Å². The Labute approximate surface area is 90.0 Å². The average Bonchev–Trinajstić information content (AvgIpc) is 2.87. The molecule has 0 amide bonds. The molecular weight excluding hydrogens is 214 g/mol. The van der Waals surface area contributed by atoms with Gasteiger partial charge >= 0.3 is 0 Å². The van der Waals surface area contributed by atoms with Crippen LogP contribution in [0.15, 0.2) is 21.7 Å². The van der Waals surface area contributed by atoms with Crippen molar-refractivity contribution >= 4 is 22.1 Å². The van der Waals surface area contributed by atoms with Gasteiger partial charge in [0.25, 0.3) is 0 Å². The Morgan fingerprint density at radius 1 is 1.57 bits per heavy atom. The van der Waals surface area contributed by atoms with Crippen LogP contribution < -0.4 is 0 Å². The Hall–Kier alpha value is -0.660. The van der Waals surface area contributed by atoms with Crippen molar-refractivity contribution in [2.45, 2.75) is 28.7 Å². The topological polar surface area (TPSA) is 40.9 Å². The molecule has 0 bridgehead atoms. The highest BCUT2D eigenvalue weighted by atomic mass is 32.2. The summed E-state index contributed by atoms with van der Waals surface area (Å²) in [6.07, 6.45) is 2.89. The molecule has 1 saturated carbocycles. The van der Waals surface area contributed by atoms with E-state index in [4.69, 9.17) is 5.26 Å². The normalized spacial score (nSPS) is 28.5. The first kappa shape index (κ1) is 9.88.